The summed E-state index contributed by atoms with van der Waals surface area (Å²) >= 11 is 0. The van der Waals surface area contributed by atoms with Gasteiger partial charge in [0.2, 0.25) is 0 Å². The topological polar surface area (TPSA) is 30.3 Å². The Bertz CT molecular complexity index is 478. The fourth-order valence-corrected chi connectivity index (χ4v) is 3.17. The lowest BCUT2D eigenvalue weighted by Gasteiger charge is -2.41. The molecule has 1 aromatic rings. The van der Waals surface area contributed by atoms with Gasteiger partial charge in [0.1, 0.15) is 0 Å². The van der Waals surface area contributed by atoms with Gasteiger partial charge < -0.3 is 4.74 Å². The number of hydrogen-bond donors (Lipinski definition) is 0. The quantitative estimate of drug-likeness (QED) is 0.754. The zero-order valence-electron chi connectivity index (χ0n) is 13.9. The first-order chi connectivity index (χ1) is 9.95. The molecule has 1 fully saturated rings. The molecule has 0 spiro atoms. The highest BCUT2D eigenvalue weighted by molar-refractivity contribution is 5.15. The second kappa shape index (κ2) is 6.75. The van der Waals surface area contributed by atoms with Crippen molar-refractivity contribution in [2.45, 2.75) is 65.3 Å². The standard InChI is InChI=1S/C17H29N3O/c1-6-9-20-13-15(14(3)18-20)12-19(7-2)16-8-10-21-17(4,5)11-16/h6,13,16H,1,7-12H2,2-5H3/t16-/m0/s1. The number of allylic oxidation sites excluding steroid dienone is 1. The maximum Gasteiger partial charge on any atom is 0.0641 e. The van der Waals surface area contributed by atoms with E-state index in [1.165, 1.54) is 5.56 Å². The van der Waals surface area contributed by atoms with Crippen LogP contribution in [-0.4, -0.2) is 39.5 Å². The Morgan fingerprint density at radius 1 is 1.57 bits per heavy atom. The Labute approximate surface area is 128 Å². The van der Waals surface area contributed by atoms with E-state index in [9.17, 15) is 0 Å². The minimum absolute atomic E-state index is 0.00158. The summed E-state index contributed by atoms with van der Waals surface area (Å²) in [5.41, 5.74) is 2.45. The molecule has 2 rings (SSSR count). The molecule has 0 aromatic carbocycles. The lowest BCUT2D eigenvalue weighted by atomic mass is 9.92. The van der Waals surface area contributed by atoms with E-state index < -0.39 is 0 Å². The molecule has 0 saturated carbocycles. The molecule has 4 nitrogen and oxygen atoms in total. The third kappa shape index (κ3) is 4.17. The number of aromatic nitrogens is 2. The number of rotatable bonds is 6. The van der Waals surface area contributed by atoms with Crippen molar-refractivity contribution in [1.82, 2.24) is 14.7 Å². The predicted octanol–water partition coefficient (Wildman–Crippen LogP) is 3.16. The van der Waals surface area contributed by atoms with Crippen LogP contribution < -0.4 is 0 Å². The van der Waals surface area contributed by atoms with Gasteiger partial charge >= 0.3 is 0 Å². The molecule has 0 bridgehead atoms. The molecule has 2 heterocycles. The Morgan fingerprint density at radius 3 is 2.95 bits per heavy atom. The smallest absolute Gasteiger partial charge is 0.0641 e. The van der Waals surface area contributed by atoms with Gasteiger partial charge in [-0.15, -0.1) is 6.58 Å². The Hall–Kier alpha value is -1.13. The van der Waals surface area contributed by atoms with Crippen molar-refractivity contribution >= 4 is 0 Å². The van der Waals surface area contributed by atoms with Gasteiger partial charge in [-0.05, 0) is 40.2 Å². The van der Waals surface area contributed by atoms with Crippen molar-refractivity contribution in [3.63, 3.8) is 0 Å². The lowest BCUT2D eigenvalue weighted by Crippen LogP contribution is -2.45. The van der Waals surface area contributed by atoms with Crippen molar-refractivity contribution in [2.75, 3.05) is 13.2 Å². The van der Waals surface area contributed by atoms with Gasteiger partial charge in [-0.2, -0.15) is 5.10 Å². The molecule has 1 saturated heterocycles. The molecule has 0 aliphatic carbocycles. The fourth-order valence-electron chi connectivity index (χ4n) is 3.17. The van der Waals surface area contributed by atoms with Gasteiger partial charge in [0, 0.05) is 31.0 Å². The van der Waals surface area contributed by atoms with Crippen LogP contribution in [0.3, 0.4) is 0 Å². The van der Waals surface area contributed by atoms with E-state index in [0.29, 0.717) is 6.04 Å². The van der Waals surface area contributed by atoms with Crippen LogP contribution in [0.2, 0.25) is 0 Å². The summed E-state index contributed by atoms with van der Waals surface area (Å²) in [6, 6.07) is 0.598. The third-order valence-corrected chi connectivity index (χ3v) is 4.33. The number of nitrogens with zero attached hydrogens (tertiary/aromatic N) is 3. The number of aryl methyl sites for hydroxylation is 1. The largest absolute Gasteiger partial charge is 0.375 e. The van der Waals surface area contributed by atoms with Gasteiger partial charge in [-0.3, -0.25) is 9.58 Å². The zero-order valence-corrected chi connectivity index (χ0v) is 13.9. The molecule has 118 valence electrons. The molecule has 4 heteroatoms. The highest BCUT2D eigenvalue weighted by atomic mass is 16.5. The van der Waals surface area contributed by atoms with Crippen LogP contribution >= 0.6 is 0 Å². The van der Waals surface area contributed by atoms with E-state index >= 15 is 0 Å². The van der Waals surface area contributed by atoms with Crippen molar-refractivity contribution in [3.05, 3.63) is 30.1 Å². The summed E-state index contributed by atoms with van der Waals surface area (Å²) in [5.74, 6) is 0. The van der Waals surface area contributed by atoms with Crippen LogP contribution in [0.1, 0.15) is 44.9 Å². The van der Waals surface area contributed by atoms with E-state index in [2.05, 4.69) is 50.5 Å². The molecule has 1 atom stereocenters. The number of ether oxygens (including phenoxy) is 1. The molecule has 1 aliphatic heterocycles. The van der Waals surface area contributed by atoms with Gasteiger partial charge in [-0.1, -0.05) is 13.0 Å². The van der Waals surface area contributed by atoms with Gasteiger partial charge in [0.25, 0.3) is 0 Å². The normalized spacial score (nSPS) is 21.7. The first-order valence-electron chi connectivity index (χ1n) is 7.97. The number of hydrogen-bond acceptors (Lipinski definition) is 3. The van der Waals surface area contributed by atoms with E-state index in [1.54, 1.807) is 0 Å². The van der Waals surface area contributed by atoms with Crippen LogP contribution in [-0.2, 0) is 17.8 Å². The van der Waals surface area contributed by atoms with Crippen LogP contribution in [0.5, 0.6) is 0 Å². The summed E-state index contributed by atoms with van der Waals surface area (Å²) in [5, 5.41) is 4.56. The van der Waals surface area contributed by atoms with Gasteiger partial charge in [0.15, 0.2) is 0 Å². The minimum atomic E-state index is -0.00158. The predicted molar refractivity (Wildman–Crippen MR) is 86.3 cm³/mol. The van der Waals surface area contributed by atoms with E-state index in [1.807, 2.05) is 10.8 Å². The van der Waals surface area contributed by atoms with E-state index in [-0.39, 0.29) is 5.60 Å². The average molecular weight is 291 g/mol. The molecule has 1 aromatic heterocycles. The summed E-state index contributed by atoms with van der Waals surface area (Å²) < 4.78 is 7.82. The monoisotopic (exact) mass is 291 g/mol. The van der Waals surface area contributed by atoms with Crippen LogP contribution in [0.25, 0.3) is 0 Å². The zero-order chi connectivity index (χ0) is 15.5. The Balaban J connectivity index is 2.06. The minimum Gasteiger partial charge on any atom is -0.375 e. The maximum absolute atomic E-state index is 5.85. The molecule has 1 aliphatic rings. The first kappa shape index (κ1) is 16.2. The molecule has 0 unspecified atom stereocenters. The summed E-state index contributed by atoms with van der Waals surface area (Å²) in [6.45, 7) is 16.2. The van der Waals surface area contributed by atoms with E-state index in [0.717, 1.165) is 44.8 Å². The highest BCUT2D eigenvalue weighted by Gasteiger charge is 2.32. The molecular weight excluding hydrogens is 262 g/mol. The van der Waals surface area contributed by atoms with Crippen molar-refractivity contribution in [2.24, 2.45) is 0 Å². The second-order valence-corrected chi connectivity index (χ2v) is 6.57. The SMILES string of the molecule is C=CCn1cc(CN(CC)[C@H]2CCOC(C)(C)C2)c(C)n1. The van der Waals surface area contributed by atoms with Crippen LogP contribution in [0.15, 0.2) is 18.9 Å². The van der Waals surface area contributed by atoms with E-state index in [4.69, 9.17) is 4.74 Å². The van der Waals surface area contributed by atoms with Crippen molar-refractivity contribution in [3.8, 4) is 0 Å². The summed E-state index contributed by atoms with van der Waals surface area (Å²) in [4.78, 5) is 2.56. The lowest BCUT2D eigenvalue weighted by molar-refractivity contribution is -0.0838. The van der Waals surface area contributed by atoms with Crippen molar-refractivity contribution < 1.29 is 4.74 Å². The van der Waals surface area contributed by atoms with Crippen molar-refractivity contribution in [1.29, 1.82) is 0 Å². The Morgan fingerprint density at radius 2 is 2.33 bits per heavy atom. The Kier molecular flexibility index (Phi) is 5.22. The molecule has 0 amide bonds. The maximum atomic E-state index is 5.85. The third-order valence-electron chi connectivity index (χ3n) is 4.33. The second-order valence-electron chi connectivity index (χ2n) is 6.57. The fraction of sp³-hybridized carbons (Fsp3) is 0.706. The van der Waals surface area contributed by atoms with Gasteiger partial charge in [0.05, 0.1) is 17.8 Å². The van der Waals surface area contributed by atoms with Crippen LogP contribution in [0, 0.1) is 6.92 Å². The summed E-state index contributed by atoms with van der Waals surface area (Å²) in [6.07, 6.45) is 6.26. The average Bonchev–Trinajstić information content (AvgIpc) is 2.75. The van der Waals surface area contributed by atoms with Crippen LogP contribution in [0.4, 0.5) is 0 Å². The highest BCUT2D eigenvalue weighted by Crippen LogP contribution is 2.28. The first-order valence-corrected chi connectivity index (χ1v) is 7.97. The van der Waals surface area contributed by atoms with Gasteiger partial charge in [-0.25, -0.2) is 0 Å². The molecular formula is C17H29N3O. The molecule has 0 N–H and O–H groups in total. The summed E-state index contributed by atoms with van der Waals surface area (Å²) in [7, 11) is 0. The molecule has 21 heavy (non-hydrogen) atoms. The molecule has 0 radical (unpaired) electrons.